The van der Waals surface area contributed by atoms with Gasteiger partial charge in [-0.3, -0.25) is 0 Å². The van der Waals surface area contributed by atoms with Gasteiger partial charge in [0.05, 0.1) is 0 Å². The lowest BCUT2D eigenvalue weighted by Gasteiger charge is -2.47. The molecule has 0 aromatic heterocycles. The molecule has 0 aromatic carbocycles. The van der Waals surface area contributed by atoms with E-state index in [0.29, 0.717) is 0 Å². The van der Waals surface area contributed by atoms with E-state index in [1.807, 2.05) is 0 Å². The van der Waals surface area contributed by atoms with Crippen molar-refractivity contribution in [3.8, 4) is 0 Å². The predicted octanol–water partition coefficient (Wildman–Crippen LogP) is 5.90. The first-order valence-electron chi connectivity index (χ1n) is 12.6. The van der Waals surface area contributed by atoms with Crippen molar-refractivity contribution in [3.05, 3.63) is 24.3 Å². The Bertz CT molecular complexity index is 511. The molecule has 5 rings (SSSR count). The Labute approximate surface area is 174 Å². The van der Waals surface area contributed by atoms with Crippen LogP contribution in [0.3, 0.4) is 0 Å². The molecule has 6 atom stereocenters. The minimum Gasteiger partial charge on any atom is -0.303 e. The largest absolute Gasteiger partial charge is 0.303 e. The molecule has 0 aliphatic carbocycles. The average Bonchev–Trinajstić information content (AvgIpc) is 2.71. The summed E-state index contributed by atoms with van der Waals surface area (Å²) in [5.74, 6) is 3.82. The van der Waals surface area contributed by atoms with Crippen LogP contribution < -0.4 is 0 Å². The topological polar surface area (TPSA) is 6.48 Å². The van der Waals surface area contributed by atoms with E-state index in [-0.39, 0.29) is 0 Å². The van der Waals surface area contributed by atoms with Crippen molar-refractivity contribution in [2.75, 3.05) is 39.3 Å². The third kappa shape index (κ3) is 5.95. The number of hydrogen-bond donors (Lipinski definition) is 0. The lowest BCUT2D eigenvalue weighted by Crippen LogP contribution is -2.49. The third-order valence-electron chi connectivity index (χ3n) is 8.10. The van der Waals surface area contributed by atoms with Gasteiger partial charge in [-0.05, 0) is 120 Å². The molecule has 5 aliphatic rings. The molecule has 0 N–H and O–H groups in total. The Morgan fingerprint density at radius 2 is 1.21 bits per heavy atom. The highest BCUT2D eigenvalue weighted by Crippen LogP contribution is 2.40. The molecule has 6 bridgehead atoms. The highest BCUT2D eigenvalue weighted by molar-refractivity contribution is 4.93. The van der Waals surface area contributed by atoms with E-state index in [4.69, 9.17) is 0 Å². The molecule has 5 aliphatic heterocycles. The summed E-state index contributed by atoms with van der Waals surface area (Å²) in [6.45, 7) is 8.22. The van der Waals surface area contributed by atoms with E-state index in [0.717, 1.165) is 23.7 Å². The van der Waals surface area contributed by atoms with E-state index >= 15 is 0 Å². The average molecular weight is 385 g/mol. The van der Waals surface area contributed by atoms with E-state index in [1.165, 1.54) is 116 Å². The minimum absolute atomic E-state index is 0.938. The van der Waals surface area contributed by atoms with E-state index in [2.05, 4.69) is 34.1 Å². The molecule has 2 saturated heterocycles. The van der Waals surface area contributed by atoms with E-state index < -0.39 is 0 Å². The molecule has 0 amide bonds. The van der Waals surface area contributed by atoms with Crippen LogP contribution in [0, 0.1) is 23.7 Å². The highest BCUT2D eigenvalue weighted by Gasteiger charge is 2.38. The van der Waals surface area contributed by atoms with Crippen molar-refractivity contribution in [1.29, 1.82) is 0 Å². The fraction of sp³-hybridized carbons (Fsp3) is 0.846. The number of nitrogens with zero attached hydrogens (tertiary/aromatic N) is 2. The first-order valence-corrected chi connectivity index (χ1v) is 12.6. The summed E-state index contributed by atoms with van der Waals surface area (Å²) in [6, 6.07) is 0. The molecule has 5 heterocycles. The van der Waals surface area contributed by atoms with Crippen LogP contribution in [0.2, 0.25) is 0 Å². The molecule has 158 valence electrons. The minimum atomic E-state index is 0.938. The van der Waals surface area contributed by atoms with E-state index in [9.17, 15) is 0 Å². The van der Waals surface area contributed by atoms with Crippen molar-refractivity contribution in [2.45, 2.75) is 77.0 Å². The molecule has 2 nitrogen and oxygen atoms in total. The van der Waals surface area contributed by atoms with Crippen molar-refractivity contribution < 1.29 is 0 Å². The molecule has 0 spiro atoms. The SMILES string of the molecule is C1=CCCC2CC3CN(CCCCC=CCCC4CN(CCCC1)CCC43)C2. The maximum atomic E-state index is 2.88. The Balaban J connectivity index is 1.53. The fourth-order valence-electron chi connectivity index (χ4n) is 6.61. The standard InChI is InChI=1S/C26H44N2/c1-3-7-11-16-27-18-15-26-24(21-27)14-10-6-2-4-8-12-17-28-20-23(13-9-5-1)19-25(26)22-28/h1-2,5-6,23-26H,3-4,7-22H2. The zero-order valence-electron chi connectivity index (χ0n) is 18.2. The number of hydrogen-bond acceptors (Lipinski definition) is 2. The van der Waals surface area contributed by atoms with Crippen LogP contribution in [0.4, 0.5) is 0 Å². The maximum absolute atomic E-state index is 2.88. The van der Waals surface area contributed by atoms with Crippen LogP contribution in [0.1, 0.15) is 77.0 Å². The first-order chi connectivity index (χ1) is 13.9. The van der Waals surface area contributed by atoms with Gasteiger partial charge in [0.25, 0.3) is 0 Å². The van der Waals surface area contributed by atoms with Crippen molar-refractivity contribution >= 4 is 0 Å². The zero-order chi connectivity index (χ0) is 19.0. The fourth-order valence-corrected chi connectivity index (χ4v) is 6.61. The second-order valence-corrected chi connectivity index (χ2v) is 10.2. The van der Waals surface area contributed by atoms with Gasteiger partial charge in [0.1, 0.15) is 0 Å². The maximum Gasteiger partial charge on any atom is 0.00127 e. The van der Waals surface area contributed by atoms with Crippen LogP contribution >= 0.6 is 0 Å². The van der Waals surface area contributed by atoms with Gasteiger partial charge >= 0.3 is 0 Å². The molecule has 6 unspecified atom stereocenters. The lowest BCUT2D eigenvalue weighted by molar-refractivity contribution is 0.0204. The van der Waals surface area contributed by atoms with E-state index in [1.54, 1.807) is 0 Å². The lowest BCUT2D eigenvalue weighted by atomic mass is 9.69. The number of fused-ring (bicyclic) bond motifs is 8. The second kappa shape index (κ2) is 11.0. The summed E-state index contributed by atoms with van der Waals surface area (Å²) < 4.78 is 0. The molecule has 0 saturated carbocycles. The molecule has 0 aromatic rings. The summed E-state index contributed by atoms with van der Waals surface area (Å²) in [7, 11) is 0. The van der Waals surface area contributed by atoms with Crippen molar-refractivity contribution in [1.82, 2.24) is 9.80 Å². The monoisotopic (exact) mass is 384 g/mol. The van der Waals surface area contributed by atoms with Gasteiger partial charge in [0.15, 0.2) is 0 Å². The Kier molecular flexibility index (Phi) is 8.10. The Hall–Kier alpha value is -0.600. The van der Waals surface area contributed by atoms with Gasteiger partial charge in [-0.2, -0.15) is 0 Å². The number of allylic oxidation sites excluding steroid dienone is 4. The zero-order valence-corrected chi connectivity index (χ0v) is 18.2. The third-order valence-corrected chi connectivity index (χ3v) is 8.10. The Morgan fingerprint density at radius 3 is 2.04 bits per heavy atom. The summed E-state index contributed by atoms with van der Waals surface area (Å²) >= 11 is 0. The van der Waals surface area contributed by atoms with Gasteiger partial charge in [0.2, 0.25) is 0 Å². The summed E-state index contributed by atoms with van der Waals surface area (Å²) in [6.07, 6.45) is 26.6. The molecule has 0 radical (unpaired) electrons. The van der Waals surface area contributed by atoms with Crippen LogP contribution in [0.25, 0.3) is 0 Å². The predicted molar refractivity (Wildman–Crippen MR) is 121 cm³/mol. The van der Waals surface area contributed by atoms with Crippen molar-refractivity contribution in [3.63, 3.8) is 0 Å². The Morgan fingerprint density at radius 1 is 0.536 bits per heavy atom. The molecular weight excluding hydrogens is 340 g/mol. The molecule has 2 fully saturated rings. The van der Waals surface area contributed by atoms with Gasteiger partial charge in [-0.25, -0.2) is 0 Å². The van der Waals surface area contributed by atoms with Gasteiger partial charge in [0, 0.05) is 19.6 Å². The van der Waals surface area contributed by atoms with Gasteiger partial charge < -0.3 is 9.80 Å². The van der Waals surface area contributed by atoms with Crippen molar-refractivity contribution in [2.24, 2.45) is 23.7 Å². The second-order valence-electron chi connectivity index (χ2n) is 10.2. The summed E-state index contributed by atoms with van der Waals surface area (Å²) in [5.41, 5.74) is 0. The molecular formula is C26H44N2. The van der Waals surface area contributed by atoms with Crippen LogP contribution in [0.15, 0.2) is 24.3 Å². The van der Waals surface area contributed by atoms with Gasteiger partial charge in [-0.15, -0.1) is 0 Å². The summed E-state index contributed by atoms with van der Waals surface area (Å²) in [4.78, 5) is 5.70. The number of piperidine rings is 2. The highest BCUT2D eigenvalue weighted by atomic mass is 15.1. The molecule has 28 heavy (non-hydrogen) atoms. The summed E-state index contributed by atoms with van der Waals surface area (Å²) in [5, 5.41) is 0. The smallest absolute Gasteiger partial charge is 0.00127 e. The molecule has 2 heteroatoms. The van der Waals surface area contributed by atoms with Gasteiger partial charge in [-0.1, -0.05) is 24.3 Å². The van der Waals surface area contributed by atoms with Crippen LogP contribution in [-0.2, 0) is 0 Å². The van der Waals surface area contributed by atoms with Crippen LogP contribution in [-0.4, -0.2) is 49.1 Å². The quantitative estimate of drug-likeness (QED) is 0.480. The normalized spacial score (nSPS) is 40.9. The first kappa shape index (κ1) is 20.7. The van der Waals surface area contributed by atoms with Crippen LogP contribution in [0.5, 0.6) is 0 Å². The number of rotatable bonds is 0.